The average molecular weight is 305 g/mol. The second-order valence-corrected chi connectivity index (χ2v) is 6.05. The van der Waals surface area contributed by atoms with E-state index in [0.29, 0.717) is 11.4 Å². The third-order valence-corrected chi connectivity index (χ3v) is 4.27. The van der Waals surface area contributed by atoms with Crippen LogP contribution in [-0.2, 0) is 4.79 Å². The van der Waals surface area contributed by atoms with Crippen molar-refractivity contribution in [2.75, 3.05) is 25.0 Å². The molecule has 1 aliphatic heterocycles. The number of likely N-dealkylation sites (tertiary alicyclic amines) is 1. The van der Waals surface area contributed by atoms with Crippen molar-refractivity contribution in [1.82, 2.24) is 4.90 Å². The molecule has 0 saturated carbocycles. The van der Waals surface area contributed by atoms with Gasteiger partial charge in [0.15, 0.2) is 0 Å². The number of hydrogen-bond acceptors (Lipinski definition) is 3. The van der Waals surface area contributed by atoms with Gasteiger partial charge in [-0.1, -0.05) is 37.7 Å². The molecule has 1 saturated heterocycles. The predicted molar refractivity (Wildman–Crippen MR) is 90.4 cm³/mol. The normalized spacial score (nSPS) is 18.6. The zero-order valence-corrected chi connectivity index (χ0v) is 13.3. The number of benzene rings is 1. The summed E-state index contributed by atoms with van der Waals surface area (Å²) in [4.78, 5) is 14.7. The predicted octanol–water partition coefficient (Wildman–Crippen LogP) is 2.38. The van der Waals surface area contributed by atoms with Gasteiger partial charge < -0.3 is 16.0 Å². The van der Waals surface area contributed by atoms with Crippen LogP contribution in [0.5, 0.6) is 0 Å². The van der Waals surface area contributed by atoms with E-state index in [4.69, 9.17) is 18.0 Å². The van der Waals surface area contributed by atoms with E-state index in [0.717, 1.165) is 36.8 Å². The Labute approximate surface area is 131 Å². The lowest BCUT2D eigenvalue weighted by molar-refractivity contribution is -0.116. The minimum absolute atomic E-state index is 0.0371. The van der Waals surface area contributed by atoms with E-state index in [2.05, 4.69) is 17.1 Å². The fraction of sp³-hybridized carbons (Fsp3) is 0.500. The number of nitrogens with two attached hydrogens (primary N) is 1. The highest BCUT2D eigenvalue weighted by molar-refractivity contribution is 7.80. The molecule has 1 amide bonds. The molecule has 114 valence electrons. The zero-order valence-electron chi connectivity index (χ0n) is 12.5. The first-order valence-corrected chi connectivity index (χ1v) is 7.91. The number of carbonyl (C=O) groups excluding carboxylic acids is 1. The van der Waals surface area contributed by atoms with Crippen molar-refractivity contribution in [3.8, 4) is 0 Å². The Kier molecular flexibility index (Phi) is 5.70. The van der Waals surface area contributed by atoms with E-state index >= 15 is 0 Å². The number of nitrogens with zero attached hydrogens (tertiary/aromatic N) is 1. The van der Waals surface area contributed by atoms with Gasteiger partial charge in [0, 0.05) is 30.8 Å². The summed E-state index contributed by atoms with van der Waals surface area (Å²) in [5.41, 5.74) is 7.11. The van der Waals surface area contributed by atoms with Gasteiger partial charge >= 0.3 is 0 Å². The van der Waals surface area contributed by atoms with Gasteiger partial charge in [0.25, 0.3) is 0 Å². The quantitative estimate of drug-likeness (QED) is 0.792. The molecule has 1 aromatic carbocycles. The van der Waals surface area contributed by atoms with Crippen LogP contribution in [0.15, 0.2) is 24.3 Å². The highest BCUT2D eigenvalue weighted by Gasteiger charge is 2.20. The number of carbonyl (C=O) groups is 1. The largest absolute Gasteiger partial charge is 0.389 e. The molecule has 3 N–H and O–H groups in total. The molecule has 0 bridgehead atoms. The van der Waals surface area contributed by atoms with Gasteiger partial charge in [-0.2, -0.15) is 0 Å². The van der Waals surface area contributed by atoms with E-state index in [1.165, 1.54) is 12.8 Å². The van der Waals surface area contributed by atoms with Gasteiger partial charge in [0.05, 0.1) is 0 Å². The minimum Gasteiger partial charge on any atom is -0.389 e. The van der Waals surface area contributed by atoms with Crippen molar-refractivity contribution in [2.24, 2.45) is 11.7 Å². The molecule has 0 radical (unpaired) electrons. The lowest BCUT2D eigenvalue weighted by atomic mass is 10.1. The molecular formula is C16H23N3OS. The van der Waals surface area contributed by atoms with Gasteiger partial charge in [-0.15, -0.1) is 0 Å². The van der Waals surface area contributed by atoms with E-state index in [9.17, 15) is 4.79 Å². The molecule has 0 aromatic heterocycles. The van der Waals surface area contributed by atoms with E-state index in [-0.39, 0.29) is 5.91 Å². The molecule has 1 fully saturated rings. The first-order valence-electron chi connectivity index (χ1n) is 7.50. The summed E-state index contributed by atoms with van der Waals surface area (Å²) < 4.78 is 0. The van der Waals surface area contributed by atoms with Gasteiger partial charge in [0.2, 0.25) is 5.91 Å². The monoisotopic (exact) mass is 305 g/mol. The standard InChI is InChI=1S/C16H23N3OS/c1-2-12-6-8-19(11-12)9-7-15(20)18-14-5-3-4-13(10-14)16(17)21/h3-5,10,12H,2,6-9,11H2,1H3,(H2,17,21)(H,18,20). The third-order valence-electron chi connectivity index (χ3n) is 4.03. The number of anilines is 1. The van der Waals surface area contributed by atoms with Crippen LogP contribution in [0.2, 0.25) is 0 Å². The molecule has 1 unspecified atom stereocenters. The Morgan fingerprint density at radius 2 is 2.33 bits per heavy atom. The van der Waals surface area contributed by atoms with Crippen LogP contribution in [0.4, 0.5) is 5.69 Å². The number of thiocarbonyl (C=S) groups is 1. The summed E-state index contributed by atoms with van der Waals surface area (Å²) in [5.74, 6) is 0.838. The van der Waals surface area contributed by atoms with Gasteiger partial charge in [-0.3, -0.25) is 4.79 Å². The van der Waals surface area contributed by atoms with Crippen LogP contribution in [-0.4, -0.2) is 35.4 Å². The molecule has 1 aliphatic rings. The maximum atomic E-state index is 12.0. The lowest BCUT2D eigenvalue weighted by Crippen LogP contribution is -2.26. The summed E-state index contributed by atoms with van der Waals surface area (Å²) in [7, 11) is 0. The first kappa shape index (κ1) is 15.9. The van der Waals surface area contributed by atoms with Gasteiger partial charge in [0.1, 0.15) is 4.99 Å². The maximum absolute atomic E-state index is 12.0. The van der Waals surface area contributed by atoms with Crippen molar-refractivity contribution < 1.29 is 4.79 Å². The van der Waals surface area contributed by atoms with Crippen molar-refractivity contribution in [2.45, 2.75) is 26.2 Å². The Hall–Kier alpha value is -1.46. The number of amides is 1. The first-order chi connectivity index (χ1) is 10.1. The van der Waals surface area contributed by atoms with E-state index in [1.54, 1.807) is 0 Å². The highest BCUT2D eigenvalue weighted by Crippen LogP contribution is 2.19. The lowest BCUT2D eigenvalue weighted by Gasteiger charge is -2.15. The summed E-state index contributed by atoms with van der Waals surface area (Å²) in [6, 6.07) is 7.34. The van der Waals surface area contributed by atoms with Crippen molar-refractivity contribution >= 4 is 28.8 Å². The Bertz CT molecular complexity index is 518. The molecule has 0 aliphatic carbocycles. The Balaban J connectivity index is 1.79. The van der Waals surface area contributed by atoms with Crippen LogP contribution in [0.1, 0.15) is 31.7 Å². The third kappa shape index (κ3) is 4.79. The topological polar surface area (TPSA) is 58.4 Å². The number of hydrogen-bond donors (Lipinski definition) is 2. The Morgan fingerprint density at radius 1 is 1.52 bits per heavy atom. The zero-order chi connectivity index (χ0) is 15.2. The summed E-state index contributed by atoms with van der Waals surface area (Å²) in [6.07, 6.45) is 3.01. The van der Waals surface area contributed by atoms with Crippen molar-refractivity contribution in [1.29, 1.82) is 0 Å². The molecule has 0 spiro atoms. The summed E-state index contributed by atoms with van der Waals surface area (Å²) >= 11 is 4.94. The minimum atomic E-state index is 0.0371. The van der Waals surface area contributed by atoms with E-state index in [1.807, 2.05) is 24.3 Å². The molecule has 1 atom stereocenters. The SMILES string of the molecule is CCC1CCN(CCC(=O)Nc2cccc(C(N)=S)c2)C1. The molecule has 1 heterocycles. The molecule has 2 rings (SSSR count). The molecule has 4 nitrogen and oxygen atoms in total. The Morgan fingerprint density at radius 3 is 3.00 bits per heavy atom. The molecule has 5 heteroatoms. The summed E-state index contributed by atoms with van der Waals surface area (Å²) in [6.45, 7) is 5.30. The van der Waals surface area contributed by atoms with Crippen LogP contribution in [0, 0.1) is 5.92 Å². The average Bonchev–Trinajstić information content (AvgIpc) is 2.93. The van der Waals surface area contributed by atoms with Crippen LogP contribution in [0.3, 0.4) is 0 Å². The fourth-order valence-electron chi connectivity index (χ4n) is 2.68. The maximum Gasteiger partial charge on any atom is 0.225 e. The smallest absolute Gasteiger partial charge is 0.225 e. The van der Waals surface area contributed by atoms with Crippen LogP contribution >= 0.6 is 12.2 Å². The molecule has 21 heavy (non-hydrogen) atoms. The second kappa shape index (κ2) is 7.52. The number of nitrogens with one attached hydrogen (secondary N) is 1. The second-order valence-electron chi connectivity index (χ2n) is 5.61. The van der Waals surface area contributed by atoms with Gasteiger partial charge in [-0.25, -0.2) is 0 Å². The number of rotatable bonds is 6. The molecule has 1 aromatic rings. The van der Waals surface area contributed by atoms with Crippen molar-refractivity contribution in [3.63, 3.8) is 0 Å². The highest BCUT2D eigenvalue weighted by atomic mass is 32.1. The summed E-state index contributed by atoms with van der Waals surface area (Å²) in [5, 5.41) is 2.91. The van der Waals surface area contributed by atoms with Gasteiger partial charge in [-0.05, 0) is 31.0 Å². The van der Waals surface area contributed by atoms with E-state index < -0.39 is 0 Å². The van der Waals surface area contributed by atoms with Crippen LogP contribution < -0.4 is 11.1 Å². The van der Waals surface area contributed by atoms with Crippen LogP contribution in [0.25, 0.3) is 0 Å². The fourth-order valence-corrected chi connectivity index (χ4v) is 2.81. The van der Waals surface area contributed by atoms with Crippen molar-refractivity contribution in [3.05, 3.63) is 29.8 Å². The molecular weight excluding hydrogens is 282 g/mol.